The smallest absolute Gasteiger partial charge is 0.409 e. The molecule has 0 aliphatic heterocycles. The molecule has 2 aromatic carbocycles. The van der Waals surface area contributed by atoms with Crippen molar-refractivity contribution in [2.45, 2.75) is 39.8 Å². The molecule has 0 atom stereocenters. The maximum atomic E-state index is 13.8. The Morgan fingerprint density at radius 1 is 1.00 bits per heavy atom. The molecular weight excluding hydrogens is 316 g/mol. The van der Waals surface area contributed by atoms with Gasteiger partial charge in [-0.15, -0.1) is 4.39 Å². The summed E-state index contributed by atoms with van der Waals surface area (Å²) in [5.41, 5.74) is 0.338. The van der Waals surface area contributed by atoms with Crippen LogP contribution in [0.4, 0.5) is 17.6 Å². The van der Waals surface area contributed by atoms with Crippen LogP contribution < -0.4 is 4.74 Å². The van der Waals surface area contributed by atoms with Crippen LogP contribution in [0.15, 0.2) is 18.2 Å². The zero-order valence-electron chi connectivity index (χ0n) is 13.1. The molecule has 0 heterocycles. The predicted octanol–water partition coefficient (Wildman–Crippen LogP) is 4.35. The number of fused-ring (bicyclic) bond motifs is 1. The highest BCUT2D eigenvalue weighted by Gasteiger charge is 2.31. The van der Waals surface area contributed by atoms with E-state index < -0.39 is 29.4 Å². The minimum Gasteiger partial charge on any atom is -0.409 e. The number of halogens is 4. The second-order valence-corrected chi connectivity index (χ2v) is 4.83. The highest BCUT2D eigenvalue weighted by molar-refractivity contribution is 5.92. The molecule has 0 bridgehead atoms. The van der Waals surface area contributed by atoms with Crippen LogP contribution >= 0.6 is 0 Å². The Balaban J connectivity index is 0.00000127. The van der Waals surface area contributed by atoms with Gasteiger partial charge in [-0.1, -0.05) is 45.9 Å². The Hall–Kier alpha value is -1.86. The monoisotopic (exact) mass is 334 g/mol. The van der Waals surface area contributed by atoms with Crippen molar-refractivity contribution in [2.24, 2.45) is 0 Å². The van der Waals surface area contributed by atoms with E-state index in [0.717, 1.165) is 6.07 Å². The molecule has 2 N–H and O–H groups in total. The van der Waals surface area contributed by atoms with Gasteiger partial charge < -0.3 is 14.9 Å². The van der Waals surface area contributed by atoms with Gasteiger partial charge in [0.25, 0.3) is 0 Å². The van der Waals surface area contributed by atoms with Crippen LogP contribution in [0.5, 0.6) is 5.75 Å². The first-order chi connectivity index (χ1) is 10.6. The Labute approximate surface area is 131 Å². The number of rotatable bonds is 3. The third-order valence-electron chi connectivity index (χ3n) is 3.00. The van der Waals surface area contributed by atoms with E-state index in [1.54, 1.807) is 13.8 Å². The fourth-order valence-electron chi connectivity index (χ4n) is 2.14. The summed E-state index contributed by atoms with van der Waals surface area (Å²) in [7, 11) is 0. The third kappa shape index (κ3) is 3.92. The van der Waals surface area contributed by atoms with Gasteiger partial charge in [-0.2, -0.15) is 4.39 Å². The predicted molar refractivity (Wildman–Crippen MR) is 78.2 cm³/mol. The number of aliphatic hydroxyl groups is 2. The van der Waals surface area contributed by atoms with E-state index in [0.29, 0.717) is 5.56 Å². The Bertz CT molecular complexity index is 694. The van der Waals surface area contributed by atoms with Crippen LogP contribution in [-0.4, -0.2) is 16.4 Å². The average Bonchev–Trinajstić information content (AvgIpc) is 2.49. The summed E-state index contributed by atoms with van der Waals surface area (Å²) in [6.07, 6.45) is -4.22. The van der Waals surface area contributed by atoms with Gasteiger partial charge in [0.2, 0.25) is 5.82 Å². The fourth-order valence-corrected chi connectivity index (χ4v) is 2.14. The number of alkyl halides is 1. The Morgan fingerprint density at radius 2 is 1.57 bits per heavy atom. The molecule has 0 aliphatic rings. The van der Waals surface area contributed by atoms with Gasteiger partial charge in [0.05, 0.1) is 0 Å². The molecule has 0 radical (unpaired) electrons. The summed E-state index contributed by atoms with van der Waals surface area (Å²) in [5.74, 6) is -6.54. The summed E-state index contributed by atoms with van der Waals surface area (Å²) in [6.45, 7) is 7.39. The molecule has 0 saturated carbocycles. The van der Waals surface area contributed by atoms with Gasteiger partial charge in [0.1, 0.15) is 0 Å². The summed E-state index contributed by atoms with van der Waals surface area (Å²) in [5, 5.41) is 16.7. The van der Waals surface area contributed by atoms with Crippen molar-refractivity contribution in [1.82, 2.24) is 0 Å². The molecule has 0 amide bonds. The molecule has 0 unspecified atom stereocenters. The molecule has 128 valence electrons. The summed E-state index contributed by atoms with van der Waals surface area (Å²) in [6, 6.07) is 4.06. The van der Waals surface area contributed by atoms with Crippen LogP contribution in [0.2, 0.25) is 0 Å². The van der Waals surface area contributed by atoms with Gasteiger partial charge in [-0.05, 0) is 11.5 Å². The van der Waals surface area contributed by atoms with E-state index >= 15 is 0 Å². The second kappa shape index (κ2) is 7.14. The van der Waals surface area contributed by atoms with Crippen LogP contribution in [-0.2, 0) is 0 Å². The maximum absolute atomic E-state index is 13.8. The van der Waals surface area contributed by atoms with E-state index in [9.17, 15) is 17.6 Å². The highest BCUT2D eigenvalue weighted by Crippen LogP contribution is 2.39. The summed E-state index contributed by atoms with van der Waals surface area (Å²) in [4.78, 5) is 0. The first-order valence-corrected chi connectivity index (χ1v) is 7.05. The number of benzene rings is 2. The SMILES string of the molecule is CC.CC(C)c1cccc2c(F)c(F)c(F)c(OC(O)(O)F)c12. The van der Waals surface area contributed by atoms with Crippen LogP contribution in [0.25, 0.3) is 10.8 Å². The zero-order chi connectivity index (χ0) is 17.9. The van der Waals surface area contributed by atoms with Gasteiger partial charge in [0.15, 0.2) is 17.4 Å². The van der Waals surface area contributed by atoms with Gasteiger partial charge >= 0.3 is 6.23 Å². The quantitative estimate of drug-likeness (QED) is 0.498. The van der Waals surface area contributed by atoms with Gasteiger partial charge in [0, 0.05) is 10.8 Å². The molecule has 23 heavy (non-hydrogen) atoms. The van der Waals surface area contributed by atoms with Gasteiger partial charge in [-0.3, -0.25) is 0 Å². The minimum atomic E-state index is -4.22. The molecule has 0 fully saturated rings. The van der Waals surface area contributed by atoms with Crippen molar-refractivity contribution in [2.75, 3.05) is 0 Å². The second-order valence-electron chi connectivity index (χ2n) is 4.83. The van der Waals surface area contributed by atoms with Crippen molar-refractivity contribution in [1.29, 1.82) is 0 Å². The molecule has 2 rings (SSSR count). The van der Waals surface area contributed by atoms with Crippen molar-refractivity contribution in [3.63, 3.8) is 0 Å². The van der Waals surface area contributed by atoms with E-state index in [1.807, 2.05) is 13.8 Å². The first-order valence-electron chi connectivity index (χ1n) is 7.05. The normalized spacial score (nSPS) is 11.4. The van der Waals surface area contributed by atoms with E-state index in [-0.39, 0.29) is 16.7 Å². The van der Waals surface area contributed by atoms with Crippen molar-refractivity contribution in [3.05, 3.63) is 41.2 Å². The summed E-state index contributed by atoms with van der Waals surface area (Å²) < 4.78 is 58.1. The van der Waals surface area contributed by atoms with E-state index in [4.69, 9.17) is 10.2 Å². The number of hydrogen-bond acceptors (Lipinski definition) is 3. The number of hydrogen-bond donors (Lipinski definition) is 2. The van der Waals surface area contributed by atoms with Crippen LogP contribution in [0.3, 0.4) is 0 Å². The zero-order valence-corrected chi connectivity index (χ0v) is 13.1. The highest BCUT2D eigenvalue weighted by atomic mass is 19.2. The molecule has 0 saturated heterocycles. The number of ether oxygens (including phenoxy) is 1. The molecule has 2 aromatic rings. The lowest BCUT2D eigenvalue weighted by Crippen LogP contribution is -2.30. The van der Waals surface area contributed by atoms with Crippen molar-refractivity contribution >= 4 is 10.8 Å². The first kappa shape index (κ1) is 19.2. The van der Waals surface area contributed by atoms with E-state index in [1.165, 1.54) is 12.1 Å². The topological polar surface area (TPSA) is 49.7 Å². The lowest BCUT2D eigenvalue weighted by atomic mass is 9.95. The average molecular weight is 334 g/mol. The van der Waals surface area contributed by atoms with Crippen molar-refractivity contribution < 1.29 is 32.5 Å². The molecular formula is C16H18F4O3. The minimum absolute atomic E-state index is 0.256. The molecule has 3 nitrogen and oxygen atoms in total. The molecule has 7 heteroatoms. The van der Waals surface area contributed by atoms with E-state index in [2.05, 4.69) is 4.74 Å². The molecule has 0 aromatic heterocycles. The Morgan fingerprint density at radius 3 is 2.04 bits per heavy atom. The Kier molecular flexibility index (Phi) is 5.96. The molecule has 0 spiro atoms. The van der Waals surface area contributed by atoms with Crippen molar-refractivity contribution in [3.8, 4) is 5.75 Å². The molecule has 0 aliphatic carbocycles. The maximum Gasteiger partial charge on any atom is 0.492 e. The standard InChI is InChI=1S/C14H12F4O3.C2H6/c1-6(2)7-4-3-5-8-9(7)13(21-14(18,19)20)12(17)11(16)10(8)15;1-2/h3-6,19-20H,1-2H3;1-2H3. The van der Waals surface area contributed by atoms with Crippen LogP contribution in [0.1, 0.15) is 39.2 Å². The lowest BCUT2D eigenvalue weighted by Gasteiger charge is -2.19. The van der Waals surface area contributed by atoms with Crippen LogP contribution in [0, 0.1) is 17.5 Å². The fraction of sp³-hybridized carbons (Fsp3) is 0.375. The summed E-state index contributed by atoms with van der Waals surface area (Å²) >= 11 is 0. The largest absolute Gasteiger partial charge is 0.492 e. The lowest BCUT2D eigenvalue weighted by molar-refractivity contribution is -0.375. The third-order valence-corrected chi connectivity index (χ3v) is 3.00. The van der Waals surface area contributed by atoms with Gasteiger partial charge in [-0.25, -0.2) is 8.78 Å².